The van der Waals surface area contributed by atoms with Gasteiger partial charge < -0.3 is 4.90 Å². The standard InChI is InChI=1S/C18H21NO/c1-3-15-9-11-16(12-10-15)13-18(20)19(2)14-17-7-5-4-6-8-17/h4-12H,3,13-14H2,1-2H3. The third-order valence-electron chi connectivity index (χ3n) is 3.47. The van der Waals surface area contributed by atoms with Crippen molar-refractivity contribution in [3.8, 4) is 0 Å². The zero-order valence-corrected chi connectivity index (χ0v) is 12.2. The van der Waals surface area contributed by atoms with Crippen molar-refractivity contribution in [2.45, 2.75) is 26.3 Å². The molecule has 0 N–H and O–H groups in total. The lowest BCUT2D eigenvalue weighted by molar-refractivity contribution is -0.129. The van der Waals surface area contributed by atoms with Gasteiger partial charge in [-0.05, 0) is 23.1 Å². The fourth-order valence-corrected chi connectivity index (χ4v) is 2.15. The number of hydrogen-bond acceptors (Lipinski definition) is 1. The van der Waals surface area contributed by atoms with Crippen LogP contribution < -0.4 is 0 Å². The molecule has 0 spiro atoms. The SMILES string of the molecule is CCc1ccc(CC(=O)N(C)Cc2ccccc2)cc1. The van der Waals surface area contributed by atoms with Crippen LogP contribution in [0, 0.1) is 0 Å². The number of likely N-dealkylation sites (N-methyl/N-ethyl adjacent to an activating group) is 1. The first-order chi connectivity index (χ1) is 9.69. The molecule has 104 valence electrons. The normalized spacial score (nSPS) is 10.3. The Hall–Kier alpha value is -2.09. The maximum absolute atomic E-state index is 12.2. The van der Waals surface area contributed by atoms with E-state index in [1.807, 2.05) is 49.5 Å². The Kier molecular flexibility index (Phi) is 4.94. The third-order valence-corrected chi connectivity index (χ3v) is 3.47. The second-order valence-electron chi connectivity index (χ2n) is 5.08. The first kappa shape index (κ1) is 14.3. The number of benzene rings is 2. The second-order valence-corrected chi connectivity index (χ2v) is 5.08. The predicted octanol–water partition coefficient (Wildman–Crippen LogP) is 3.45. The number of aryl methyl sites for hydroxylation is 1. The first-order valence-electron chi connectivity index (χ1n) is 7.04. The average Bonchev–Trinajstić information content (AvgIpc) is 2.49. The summed E-state index contributed by atoms with van der Waals surface area (Å²) in [5, 5.41) is 0. The maximum atomic E-state index is 12.2. The summed E-state index contributed by atoms with van der Waals surface area (Å²) < 4.78 is 0. The molecule has 0 fully saturated rings. The molecule has 0 saturated heterocycles. The molecule has 0 aromatic heterocycles. The fraction of sp³-hybridized carbons (Fsp3) is 0.278. The Morgan fingerprint density at radius 2 is 1.50 bits per heavy atom. The minimum absolute atomic E-state index is 0.151. The third kappa shape index (κ3) is 3.95. The van der Waals surface area contributed by atoms with Gasteiger partial charge in [-0.3, -0.25) is 4.79 Å². The zero-order chi connectivity index (χ0) is 14.4. The van der Waals surface area contributed by atoms with Crippen molar-refractivity contribution in [1.82, 2.24) is 4.90 Å². The van der Waals surface area contributed by atoms with E-state index < -0.39 is 0 Å². The van der Waals surface area contributed by atoms with Gasteiger partial charge in [-0.25, -0.2) is 0 Å². The van der Waals surface area contributed by atoms with Crippen molar-refractivity contribution in [3.05, 3.63) is 71.3 Å². The van der Waals surface area contributed by atoms with Gasteiger partial charge in [0.25, 0.3) is 0 Å². The molecule has 0 saturated carbocycles. The van der Waals surface area contributed by atoms with Crippen LogP contribution in [-0.4, -0.2) is 17.9 Å². The summed E-state index contributed by atoms with van der Waals surface area (Å²) in [6.45, 7) is 2.79. The van der Waals surface area contributed by atoms with Crippen LogP contribution in [0.15, 0.2) is 54.6 Å². The van der Waals surface area contributed by atoms with E-state index in [2.05, 4.69) is 19.1 Å². The summed E-state index contributed by atoms with van der Waals surface area (Å²) in [6, 6.07) is 18.4. The van der Waals surface area contributed by atoms with Crippen LogP contribution in [0.1, 0.15) is 23.6 Å². The molecule has 0 unspecified atom stereocenters. The maximum Gasteiger partial charge on any atom is 0.227 e. The van der Waals surface area contributed by atoms with Gasteiger partial charge in [-0.2, -0.15) is 0 Å². The summed E-state index contributed by atoms with van der Waals surface area (Å²) in [6.07, 6.45) is 1.50. The van der Waals surface area contributed by atoms with Gasteiger partial charge in [0.1, 0.15) is 0 Å². The summed E-state index contributed by atoms with van der Waals surface area (Å²) in [5.41, 5.74) is 3.54. The molecule has 0 aliphatic carbocycles. The van der Waals surface area contributed by atoms with Crippen LogP contribution in [0.5, 0.6) is 0 Å². The van der Waals surface area contributed by atoms with E-state index in [4.69, 9.17) is 0 Å². The summed E-state index contributed by atoms with van der Waals surface area (Å²) in [7, 11) is 1.86. The molecule has 0 atom stereocenters. The van der Waals surface area contributed by atoms with E-state index in [1.54, 1.807) is 4.90 Å². The molecule has 2 aromatic carbocycles. The lowest BCUT2D eigenvalue weighted by atomic mass is 10.1. The molecule has 2 nitrogen and oxygen atoms in total. The smallest absolute Gasteiger partial charge is 0.227 e. The molecule has 20 heavy (non-hydrogen) atoms. The lowest BCUT2D eigenvalue weighted by Gasteiger charge is -2.17. The van der Waals surface area contributed by atoms with Crippen molar-refractivity contribution >= 4 is 5.91 Å². The number of carbonyl (C=O) groups excluding carboxylic acids is 1. The van der Waals surface area contributed by atoms with Gasteiger partial charge >= 0.3 is 0 Å². The molecule has 0 heterocycles. The Morgan fingerprint density at radius 1 is 0.900 bits per heavy atom. The summed E-state index contributed by atoms with van der Waals surface area (Å²) in [5.74, 6) is 0.151. The quantitative estimate of drug-likeness (QED) is 0.812. The van der Waals surface area contributed by atoms with Crippen LogP contribution in [-0.2, 0) is 24.2 Å². The van der Waals surface area contributed by atoms with Gasteiger partial charge in [-0.1, -0.05) is 61.5 Å². The molecule has 0 bridgehead atoms. The fourth-order valence-electron chi connectivity index (χ4n) is 2.15. The van der Waals surface area contributed by atoms with Crippen LogP contribution in [0.4, 0.5) is 0 Å². The number of hydrogen-bond donors (Lipinski definition) is 0. The van der Waals surface area contributed by atoms with Gasteiger partial charge in [-0.15, -0.1) is 0 Å². The number of rotatable bonds is 5. The molecule has 0 aliphatic heterocycles. The van der Waals surface area contributed by atoms with Gasteiger partial charge in [0.05, 0.1) is 6.42 Å². The van der Waals surface area contributed by atoms with E-state index in [9.17, 15) is 4.79 Å². The lowest BCUT2D eigenvalue weighted by Crippen LogP contribution is -2.27. The molecule has 2 rings (SSSR count). The highest BCUT2D eigenvalue weighted by Crippen LogP contribution is 2.09. The summed E-state index contributed by atoms with van der Waals surface area (Å²) >= 11 is 0. The van der Waals surface area contributed by atoms with Crippen molar-refractivity contribution in [2.75, 3.05) is 7.05 Å². The van der Waals surface area contributed by atoms with E-state index in [0.29, 0.717) is 13.0 Å². The van der Waals surface area contributed by atoms with Gasteiger partial charge in [0.15, 0.2) is 0 Å². The van der Waals surface area contributed by atoms with E-state index >= 15 is 0 Å². The molecule has 1 amide bonds. The second kappa shape index (κ2) is 6.90. The van der Waals surface area contributed by atoms with Crippen LogP contribution in [0.3, 0.4) is 0 Å². The highest BCUT2D eigenvalue weighted by molar-refractivity contribution is 5.78. The molecule has 0 aliphatic rings. The van der Waals surface area contributed by atoms with Crippen molar-refractivity contribution in [1.29, 1.82) is 0 Å². The first-order valence-corrected chi connectivity index (χ1v) is 7.04. The van der Waals surface area contributed by atoms with Crippen LogP contribution in [0.25, 0.3) is 0 Å². The number of nitrogens with zero attached hydrogens (tertiary/aromatic N) is 1. The monoisotopic (exact) mass is 267 g/mol. The van der Waals surface area contributed by atoms with Gasteiger partial charge in [0, 0.05) is 13.6 Å². The Bertz CT molecular complexity index is 545. The highest BCUT2D eigenvalue weighted by Gasteiger charge is 2.10. The topological polar surface area (TPSA) is 20.3 Å². The average molecular weight is 267 g/mol. The van der Waals surface area contributed by atoms with Crippen LogP contribution in [0.2, 0.25) is 0 Å². The number of carbonyl (C=O) groups is 1. The Morgan fingerprint density at radius 3 is 2.10 bits per heavy atom. The van der Waals surface area contributed by atoms with Crippen LogP contribution >= 0.6 is 0 Å². The zero-order valence-electron chi connectivity index (χ0n) is 12.2. The largest absolute Gasteiger partial charge is 0.341 e. The molecule has 2 heteroatoms. The minimum Gasteiger partial charge on any atom is -0.341 e. The highest BCUT2D eigenvalue weighted by atomic mass is 16.2. The van der Waals surface area contributed by atoms with Crippen molar-refractivity contribution < 1.29 is 4.79 Å². The molecule has 0 radical (unpaired) electrons. The van der Waals surface area contributed by atoms with E-state index in [0.717, 1.165) is 17.5 Å². The van der Waals surface area contributed by atoms with Crippen molar-refractivity contribution in [2.24, 2.45) is 0 Å². The van der Waals surface area contributed by atoms with Crippen molar-refractivity contribution in [3.63, 3.8) is 0 Å². The minimum atomic E-state index is 0.151. The Labute approximate surface area is 121 Å². The van der Waals surface area contributed by atoms with E-state index in [1.165, 1.54) is 5.56 Å². The molecular weight excluding hydrogens is 246 g/mol. The molecule has 2 aromatic rings. The number of amides is 1. The molecular formula is C18H21NO. The predicted molar refractivity (Wildman–Crippen MR) is 82.4 cm³/mol. The van der Waals surface area contributed by atoms with E-state index in [-0.39, 0.29) is 5.91 Å². The Balaban J connectivity index is 1.93. The summed E-state index contributed by atoms with van der Waals surface area (Å²) in [4.78, 5) is 14.0. The van der Waals surface area contributed by atoms with Gasteiger partial charge in [0.2, 0.25) is 5.91 Å².